The van der Waals surface area contributed by atoms with Crippen LogP contribution in [-0.2, 0) is 12.1 Å². The van der Waals surface area contributed by atoms with Crippen LogP contribution in [0.1, 0.15) is 37.9 Å². The third kappa shape index (κ3) is 1.94. The number of halogens is 1. The molecule has 0 spiro atoms. The van der Waals surface area contributed by atoms with Gasteiger partial charge in [-0.2, -0.15) is 0 Å². The van der Waals surface area contributed by atoms with Crippen LogP contribution < -0.4 is 0 Å². The molecule has 0 atom stereocenters. The molecule has 1 aromatic rings. The molecule has 0 aromatic carbocycles. The Bertz CT molecular complexity index is 312. The zero-order valence-corrected chi connectivity index (χ0v) is 8.76. The number of nitrogens with zero attached hydrogens (tertiary/aromatic N) is 1. The van der Waals surface area contributed by atoms with E-state index in [9.17, 15) is 4.39 Å². The lowest BCUT2D eigenvalue weighted by Crippen LogP contribution is -2.01. The summed E-state index contributed by atoms with van der Waals surface area (Å²) in [5, 5.41) is 0. The van der Waals surface area contributed by atoms with E-state index in [1.165, 1.54) is 0 Å². The van der Waals surface area contributed by atoms with Crippen LogP contribution in [0.5, 0.6) is 0 Å². The van der Waals surface area contributed by atoms with Crippen molar-refractivity contribution >= 4 is 0 Å². The molecule has 0 radical (unpaired) electrons. The van der Waals surface area contributed by atoms with Crippen molar-refractivity contribution in [2.45, 2.75) is 38.8 Å². The van der Waals surface area contributed by atoms with E-state index in [1.54, 1.807) is 6.20 Å². The lowest BCUT2D eigenvalue weighted by Gasteiger charge is -2.07. The van der Waals surface area contributed by atoms with Gasteiger partial charge in [-0.1, -0.05) is 19.9 Å². The van der Waals surface area contributed by atoms with Crippen molar-refractivity contribution in [2.75, 3.05) is 0 Å². The summed E-state index contributed by atoms with van der Waals surface area (Å²) in [6, 6.07) is 3.84. The maximum atomic E-state index is 13.6. The molecule has 1 saturated carbocycles. The predicted molar refractivity (Wildman–Crippen MR) is 54.8 cm³/mol. The van der Waals surface area contributed by atoms with Gasteiger partial charge in [0.05, 0.1) is 0 Å². The molecule has 1 nitrogen and oxygen atoms in total. The molecule has 0 bridgehead atoms. The molecule has 14 heavy (non-hydrogen) atoms. The minimum Gasteiger partial charge on any atom is -0.261 e. The first-order chi connectivity index (χ1) is 6.60. The van der Waals surface area contributed by atoms with Crippen molar-refractivity contribution in [3.05, 3.63) is 29.6 Å². The van der Waals surface area contributed by atoms with E-state index in [0.29, 0.717) is 18.8 Å². The molecule has 2 heteroatoms. The van der Waals surface area contributed by atoms with Crippen LogP contribution >= 0.6 is 0 Å². The minimum absolute atomic E-state index is 0.605. The first kappa shape index (κ1) is 9.63. The van der Waals surface area contributed by atoms with Crippen molar-refractivity contribution in [3.63, 3.8) is 0 Å². The molecule has 0 aliphatic heterocycles. The largest absolute Gasteiger partial charge is 0.261 e. The molecule has 1 heterocycles. The molecule has 0 saturated heterocycles. The summed E-state index contributed by atoms with van der Waals surface area (Å²) in [5.74, 6) is 0.605. The van der Waals surface area contributed by atoms with E-state index in [-0.39, 0.29) is 0 Å². The van der Waals surface area contributed by atoms with Gasteiger partial charge in [0.1, 0.15) is 5.67 Å². The van der Waals surface area contributed by atoms with Crippen LogP contribution in [0.25, 0.3) is 0 Å². The molecule has 0 amide bonds. The fraction of sp³-hybridized carbons (Fsp3) is 0.583. The third-order valence-corrected chi connectivity index (χ3v) is 2.65. The summed E-state index contributed by atoms with van der Waals surface area (Å²) >= 11 is 0. The Labute approximate surface area is 84.4 Å². The van der Waals surface area contributed by atoms with Crippen molar-refractivity contribution in [1.82, 2.24) is 4.98 Å². The number of rotatable bonds is 3. The summed E-state index contributed by atoms with van der Waals surface area (Å²) in [7, 11) is 0. The molecule has 0 N–H and O–H groups in total. The Morgan fingerprint density at radius 2 is 2.14 bits per heavy atom. The molecule has 2 rings (SSSR count). The van der Waals surface area contributed by atoms with Gasteiger partial charge < -0.3 is 0 Å². The number of alkyl halides is 1. The summed E-state index contributed by atoms with van der Waals surface area (Å²) in [4.78, 5) is 4.29. The fourth-order valence-corrected chi connectivity index (χ4v) is 1.63. The van der Waals surface area contributed by atoms with E-state index < -0.39 is 5.67 Å². The van der Waals surface area contributed by atoms with E-state index in [1.807, 2.05) is 12.1 Å². The molecule has 0 unspecified atom stereocenters. The highest BCUT2D eigenvalue weighted by Gasteiger charge is 2.45. The zero-order valence-electron chi connectivity index (χ0n) is 8.76. The van der Waals surface area contributed by atoms with Gasteiger partial charge in [0.25, 0.3) is 0 Å². The highest BCUT2D eigenvalue weighted by Crippen LogP contribution is 2.49. The highest BCUT2D eigenvalue weighted by molar-refractivity contribution is 5.26. The summed E-state index contributed by atoms with van der Waals surface area (Å²) in [6.45, 7) is 4.32. The quantitative estimate of drug-likeness (QED) is 0.718. The lowest BCUT2D eigenvalue weighted by molar-refractivity contribution is 0.316. The first-order valence-electron chi connectivity index (χ1n) is 5.24. The van der Waals surface area contributed by atoms with E-state index in [4.69, 9.17) is 0 Å². The normalized spacial score (nSPS) is 18.6. The molecule has 1 fully saturated rings. The zero-order chi connectivity index (χ0) is 10.2. The van der Waals surface area contributed by atoms with E-state index >= 15 is 0 Å². The van der Waals surface area contributed by atoms with Gasteiger partial charge in [0.2, 0.25) is 0 Å². The van der Waals surface area contributed by atoms with Gasteiger partial charge >= 0.3 is 0 Å². The summed E-state index contributed by atoms with van der Waals surface area (Å²) in [5.41, 5.74) is 0.779. The summed E-state index contributed by atoms with van der Waals surface area (Å²) in [6.07, 6.45) is 4.00. The Morgan fingerprint density at radius 1 is 1.43 bits per heavy atom. The van der Waals surface area contributed by atoms with Gasteiger partial charge in [-0.05, 0) is 31.2 Å². The van der Waals surface area contributed by atoms with Gasteiger partial charge in [-0.15, -0.1) is 0 Å². The average molecular weight is 193 g/mol. The molecular weight excluding hydrogens is 177 g/mol. The molecule has 1 aliphatic carbocycles. The second-order valence-electron chi connectivity index (χ2n) is 4.60. The van der Waals surface area contributed by atoms with Crippen molar-refractivity contribution < 1.29 is 4.39 Å². The standard InChI is InChI=1S/C12H16FN/c1-9(2)7-11-4-3-10(8-14-11)12(13)5-6-12/h3-4,8-9H,5-7H2,1-2H3. The number of hydrogen-bond acceptors (Lipinski definition) is 1. The minimum atomic E-state index is -1.04. The molecular formula is C12H16FN. The number of aromatic nitrogens is 1. The fourth-order valence-electron chi connectivity index (χ4n) is 1.63. The van der Waals surface area contributed by atoms with Crippen LogP contribution in [0.4, 0.5) is 4.39 Å². The van der Waals surface area contributed by atoms with Crippen LogP contribution in [0.2, 0.25) is 0 Å². The van der Waals surface area contributed by atoms with Crippen molar-refractivity contribution in [1.29, 1.82) is 0 Å². The monoisotopic (exact) mass is 193 g/mol. The molecule has 1 aliphatic rings. The second kappa shape index (κ2) is 3.34. The van der Waals surface area contributed by atoms with Gasteiger partial charge in [0.15, 0.2) is 0 Å². The molecule has 1 aromatic heterocycles. The third-order valence-electron chi connectivity index (χ3n) is 2.65. The number of hydrogen-bond donors (Lipinski definition) is 0. The Hall–Kier alpha value is -0.920. The number of pyridine rings is 1. The Kier molecular flexibility index (Phi) is 2.30. The maximum Gasteiger partial charge on any atom is 0.137 e. The Morgan fingerprint density at radius 3 is 2.57 bits per heavy atom. The average Bonchev–Trinajstić information content (AvgIpc) is 2.85. The van der Waals surface area contributed by atoms with E-state index in [2.05, 4.69) is 18.8 Å². The molecule has 76 valence electrons. The van der Waals surface area contributed by atoms with Crippen molar-refractivity contribution in [2.24, 2.45) is 5.92 Å². The van der Waals surface area contributed by atoms with Crippen LogP contribution in [-0.4, -0.2) is 4.98 Å². The SMILES string of the molecule is CC(C)Cc1ccc(C2(F)CC2)cn1. The summed E-state index contributed by atoms with van der Waals surface area (Å²) < 4.78 is 13.6. The smallest absolute Gasteiger partial charge is 0.137 e. The predicted octanol–water partition coefficient (Wildman–Crippen LogP) is 3.24. The van der Waals surface area contributed by atoms with Gasteiger partial charge in [-0.3, -0.25) is 4.98 Å². The van der Waals surface area contributed by atoms with Gasteiger partial charge in [0, 0.05) is 17.5 Å². The van der Waals surface area contributed by atoms with Gasteiger partial charge in [-0.25, -0.2) is 4.39 Å². The highest BCUT2D eigenvalue weighted by atomic mass is 19.1. The van der Waals surface area contributed by atoms with Crippen LogP contribution in [0.15, 0.2) is 18.3 Å². The van der Waals surface area contributed by atoms with E-state index in [0.717, 1.165) is 17.7 Å². The maximum absolute atomic E-state index is 13.6. The van der Waals surface area contributed by atoms with Crippen LogP contribution in [0.3, 0.4) is 0 Å². The Balaban J connectivity index is 2.10. The van der Waals surface area contributed by atoms with Crippen molar-refractivity contribution in [3.8, 4) is 0 Å². The van der Waals surface area contributed by atoms with Crippen LogP contribution in [0, 0.1) is 5.92 Å². The topological polar surface area (TPSA) is 12.9 Å². The second-order valence-corrected chi connectivity index (χ2v) is 4.60. The lowest BCUT2D eigenvalue weighted by atomic mass is 10.1. The first-order valence-corrected chi connectivity index (χ1v) is 5.24.